The molecule has 7 heteroatoms. The molecular weight excluding hydrogens is 299 g/mol. The van der Waals surface area contributed by atoms with E-state index in [9.17, 15) is 13.2 Å². The van der Waals surface area contributed by atoms with Crippen LogP contribution in [0.2, 0.25) is 0 Å². The van der Waals surface area contributed by atoms with Gasteiger partial charge in [-0.25, -0.2) is 0 Å². The SMILES string of the molecule is CCCNC1CCn2c(=N)sc3cc(C(F)(F)F)cc1c32. The number of hydrogen-bond donors (Lipinski definition) is 2. The predicted molar refractivity (Wildman–Crippen MR) is 76.3 cm³/mol. The number of halogens is 3. The summed E-state index contributed by atoms with van der Waals surface area (Å²) >= 11 is 1.12. The number of rotatable bonds is 3. The van der Waals surface area contributed by atoms with E-state index in [1.807, 2.05) is 11.5 Å². The summed E-state index contributed by atoms with van der Waals surface area (Å²) in [4.78, 5) is 0.319. The minimum Gasteiger partial charge on any atom is -0.317 e. The van der Waals surface area contributed by atoms with Crippen molar-refractivity contribution in [3.05, 3.63) is 28.1 Å². The quantitative estimate of drug-likeness (QED) is 0.892. The van der Waals surface area contributed by atoms with E-state index in [4.69, 9.17) is 5.41 Å². The molecule has 0 aliphatic carbocycles. The molecule has 0 spiro atoms. The summed E-state index contributed by atoms with van der Waals surface area (Å²) in [6, 6.07) is 2.35. The van der Waals surface area contributed by atoms with Crippen LogP contribution in [-0.4, -0.2) is 11.1 Å². The van der Waals surface area contributed by atoms with Crippen molar-refractivity contribution in [1.29, 1.82) is 5.41 Å². The Bertz CT molecular complexity index is 729. The molecule has 0 fully saturated rings. The first-order chi connectivity index (χ1) is 9.91. The molecule has 0 amide bonds. The molecule has 1 aromatic carbocycles. The molecule has 1 aliphatic rings. The molecule has 1 atom stereocenters. The third-order valence-corrected chi connectivity index (χ3v) is 4.76. The van der Waals surface area contributed by atoms with Gasteiger partial charge in [0.2, 0.25) is 0 Å². The van der Waals surface area contributed by atoms with Crippen molar-refractivity contribution in [2.24, 2.45) is 0 Å². The summed E-state index contributed by atoms with van der Waals surface area (Å²) < 4.78 is 41.6. The van der Waals surface area contributed by atoms with Gasteiger partial charge in [-0.15, -0.1) is 0 Å². The van der Waals surface area contributed by atoms with Crippen molar-refractivity contribution in [2.75, 3.05) is 6.54 Å². The van der Waals surface area contributed by atoms with Crippen LogP contribution in [0.1, 0.15) is 36.9 Å². The van der Waals surface area contributed by atoms with E-state index in [0.717, 1.165) is 36.2 Å². The first-order valence-corrected chi connectivity index (χ1v) is 7.76. The number of nitrogens with zero attached hydrogens (tertiary/aromatic N) is 1. The van der Waals surface area contributed by atoms with Crippen LogP contribution >= 0.6 is 11.3 Å². The summed E-state index contributed by atoms with van der Waals surface area (Å²) in [6.07, 6.45) is -2.70. The first-order valence-electron chi connectivity index (χ1n) is 6.94. The van der Waals surface area contributed by atoms with E-state index in [1.165, 1.54) is 12.1 Å². The standard InChI is InChI=1S/C14H16F3N3S/c1-2-4-19-10-3-5-20-12-9(10)6-8(14(15,16)17)7-11(12)21-13(20)18/h6-7,10,18-19H,2-5H2,1H3. The number of benzene rings is 1. The lowest BCUT2D eigenvalue weighted by atomic mass is 9.96. The number of alkyl halides is 3. The Kier molecular flexibility index (Phi) is 3.57. The van der Waals surface area contributed by atoms with Crippen LogP contribution in [-0.2, 0) is 12.7 Å². The molecule has 21 heavy (non-hydrogen) atoms. The molecule has 1 unspecified atom stereocenters. The minimum atomic E-state index is -4.35. The summed E-state index contributed by atoms with van der Waals surface area (Å²) in [5.41, 5.74) is 0.843. The number of nitrogens with one attached hydrogen (secondary N) is 2. The monoisotopic (exact) mass is 315 g/mol. The molecule has 1 aliphatic heterocycles. The number of aromatic nitrogens is 1. The highest BCUT2D eigenvalue weighted by Crippen LogP contribution is 2.38. The van der Waals surface area contributed by atoms with Gasteiger partial charge in [-0.05, 0) is 37.1 Å². The number of hydrogen-bond acceptors (Lipinski definition) is 3. The van der Waals surface area contributed by atoms with Crippen molar-refractivity contribution in [3.63, 3.8) is 0 Å². The highest BCUT2D eigenvalue weighted by Gasteiger charge is 2.34. The van der Waals surface area contributed by atoms with Crippen molar-refractivity contribution < 1.29 is 13.2 Å². The Morgan fingerprint density at radius 3 is 2.86 bits per heavy atom. The zero-order chi connectivity index (χ0) is 15.2. The van der Waals surface area contributed by atoms with E-state index < -0.39 is 11.7 Å². The lowest BCUT2D eigenvalue weighted by molar-refractivity contribution is -0.137. The maximum atomic E-state index is 13.1. The Hall–Kier alpha value is -1.34. The summed E-state index contributed by atoms with van der Waals surface area (Å²) in [6.45, 7) is 3.49. The second-order valence-electron chi connectivity index (χ2n) is 5.26. The molecule has 0 radical (unpaired) electrons. The minimum absolute atomic E-state index is 0.0660. The Labute approximate surface area is 123 Å². The van der Waals surface area contributed by atoms with Gasteiger partial charge in [0.15, 0.2) is 4.80 Å². The Morgan fingerprint density at radius 1 is 1.43 bits per heavy atom. The second kappa shape index (κ2) is 5.14. The van der Waals surface area contributed by atoms with E-state index in [2.05, 4.69) is 5.32 Å². The van der Waals surface area contributed by atoms with Crippen molar-refractivity contribution >= 4 is 21.6 Å². The fourth-order valence-corrected chi connectivity index (χ4v) is 3.86. The van der Waals surface area contributed by atoms with Gasteiger partial charge in [0.25, 0.3) is 0 Å². The number of aryl methyl sites for hydroxylation is 1. The van der Waals surface area contributed by atoms with Gasteiger partial charge in [0.1, 0.15) is 0 Å². The fraction of sp³-hybridized carbons (Fsp3) is 0.500. The van der Waals surface area contributed by atoms with Crippen molar-refractivity contribution in [2.45, 2.75) is 38.5 Å². The third kappa shape index (κ3) is 2.48. The molecular formula is C14H16F3N3S. The predicted octanol–water partition coefficient (Wildman–Crippen LogP) is 3.65. The molecule has 3 rings (SSSR count). The van der Waals surface area contributed by atoms with Crippen LogP contribution in [0.15, 0.2) is 12.1 Å². The number of thiazole rings is 1. The van der Waals surface area contributed by atoms with Crippen LogP contribution in [0.5, 0.6) is 0 Å². The average Bonchev–Trinajstić information content (AvgIpc) is 2.74. The van der Waals surface area contributed by atoms with Gasteiger partial charge in [-0.2, -0.15) is 13.2 Å². The Morgan fingerprint density at radius 2 is 2.19 bits per heavy atom. The highest BCUT2D eigenvalue weighted by molar-refractivity contribution is 7.16. The van der Waals surface area contributed by atoms with Crippen molar-refractivity contribution in [1.82, 2.24) is 9.88 Å². The van der Waals surface area contributed by atoms with E-state index in [-0.39, 0.29) is 6.04 Å². The third-order valence-electron chi connectivity index (χ3n) is 3.81. The van der Waals surface area contributed by atoms with E-state index >= 15 is 0 Å². The lowest BCUT2D eigenvalue weighted by Gasteiger charge is -2.26. The van der Waals surface area contributed by atoms with Crippen LogP contribution in [0.4, 0.5) is 13.2 Å². The lowest BCUT2D eigenvalue weighted by Crippen LogP contribution is -2.29. The molecule has 0 saturated heterocycles. The van der Waals surface area contributed by atoms with Crippen LogP contribution in [0, 0.1) is 5.41 Å². The normalized spacial score (nSPS) is 18.4. The Balaban J connectivity index is 2.21. The topological polar surface area (TPSA) is 40.8 Å². The molecule has 114 valence electrons. The molecule has 3 nitrogen and oxygen atoms in total. The molecule has 2 aromatic rings. The van der Waals surface area contributed by atoms with Gasteiger partial charge in [0.05, 0.1) is 15.8 Å². The van der Waals surface area contributed by atoms with Crippen LogP contribution in [0.25, 0.3) is 10.2 Å². The maximum absolute atomic E-state index is 13.1. The maximum Gasteiger partial charge on any atom is 0.416 e. The molecule has 0 bridgehead atoms. The van der Waals surface area contributed by atoms with Gasteiger partial charge in [0, 0.05) is 12.6 Å². The second-order valence-corrected chi connectivity index (χ2v) is 6.29. The van der Waals surface area contributed by atoms with Gasteiger partial charge >= 0.3 is 6.18 Å². The summed E-state index contributed by atoms with van der Waals surface area (Å²) in [7, 11) is 0. The summed E-state index contributed by atoms with van der Waals surface area (Å²) in [5.74, 6) is 0. The van der Waals surface area contributed by atoms with Crippen LogP contribution in [0.3, 0.4) is 0 Å². The largest absolute Gasteiger partial charge is 0.416 e. The molecule has 1 aromatic heterocycles. The van der Waals surface area contributed by atoms with Crippen molar-refractivity contribution in [3.8, 4) is 0 Å². The summed E-state index contributed by atoms with van der Waals surface area (Å²) in [5, 5.41) is 11.3. The molecule has 2 heterocycles. The zero-order valence-electron chi connectivity index (χ0n) is 11.5. The van der Waals surface area contributed by atoms with E-state index in [1.54, 1.807) is 0 Å². The van der Waals surface area contributed by atoms with Gasteiger partial charge in [-0.3, -0.25) is 5.41 Å². The fourth-order valence-electron chi connectivity index (χ4n) is 2.84. The molecule has 2 N–H and O–H groups in total. The average molecular weight is 315 g/mol. The smallest absolute Gasteiger partial charge is 0.317 e. The zero-order valence-corrected chi connectivity index (χ0v) is 12.4. The van der Waals surface area contributed by atoms with Gasteiger partial charge < -0.3 is 9.88 Å². The first kappa shape index (κ1) is 14.6. The van der Waals surface area contributed by atoms with Crippen LogP contribution < -0.4 is 10.1 Å². The highest BCUT2D eigenvalue weighted by atomic mass is 32.1. The van der Waals surface area contributed by atoms with E-state index in [0.29, 0.717) is 21.6 Å². The molecule has 0 saturated carbocycles. The van der Waals surface area contributed by atoms with Gasteiger partial charge in [-0.1, -0.05) is 18.3 Å².